The van der Waals surface area contributed by atoms with Crippen molar-refractivity contribution in [2.45, 2.75) is 6.92 Å². The summed E-state index contributed by atoms with van der Waals surface area (Å²) in [6, 6.07) is -0.669. The highest BCUT2D eigenvalue weighted by atomic mass is 16.6. The second-order valence-electron chi connectivity index (χ2n) is 3.09. The van der Waals surface area contributed by atoms with E-state index in [9.17, 15) is 14.4 Å². The number of methoxy groups -OCH3 is 1. The summed E-state index contributed by atoms with van der Waals surface area (Å²) in [6.07, 6.45) is 0. The minimum absolute atomic E-state index is 0.218. The lowest BCUT2D eigenvalue weighted by molar-refractivity contribution is -0.152. The van der Waals surface area contributed by atoms with Gasteiger partial charge in [-0.2, -0.15) is 0 Å². The third-order valence-electron chi connectivity index (χ3n) is 1.63. The third kappa shape index (κ3) is 9.55. The minimum atomic E-state index is -0.713. The SMILES string of the molecule is CCOCC(=O)OCC(=O)NC(=O)NCCOC. The largest absolute Gasteiger partial charge is 0.454 e. The third-order valence-corrected chi connectivity index (χ3v) is 1.63. The molecule has 0 atom stereocenters. The van der Waals surface area contributed by atoms with Crippen LogP contribution in [0.4, 0.5) is 4.79 Å². The maximum Gasteiger partial charge on any atom is 0.332 e. The summed E-state index contributed by atoms with van der Waals surface area (Å²) < 4.78 is 14.0. The Kier molecular flexibility index (Phi) is 9.51. The van der Waals surface area contributed by atoms with Crippen molar-refractivity contribution in [3.05, 3.63) is 0 Å². The number of nitrogens with one attached hydrogen (secondary N) is 2. The summed E-state index contributed by atoms with van der Waals surface area (Å²) in [6.45, 7) is 1.98. The quantitative estimate of drug-likeness (QED) is 0.431. The van der Waals surface area contributed by atoms with Crippen molar-refractivity contribution in [3.63, 3.8) is 0 Å². The molecule has 0 aromatic rings. The molecule has 0 aliphatic carbocycles. The number of ether oxygens (including phenoxy) is 3. The molecule has 0 aliphatic heterocycles. The fourth-order valence-electron chi connectivity index (χ4n) is 0.847. The van der Waals surface area contributed by atoms with E-state index in [1.54, 1.807) is 6.92 Å². The van der Waals surface area contributed by atoms with Crippen LogP contribution in [0, 0.1) is 0 Å². The molecule has 2 N–H and O–H groups in total. The molecular weight excluding hydrogens is 244 g/mol. The van der Waals surface area contributed by atoms with E-state index >= 15 is 0 Å². The van der Waals surface area contributed by atoms with Gasteiger partial charge in [-0.15, -0.1) is 0 Å². The van der Waals surface area contributed by atoms with Crippen molar-refractivity contribution < 1.29 is 28.6 Å². The number of imide groups is 1. The van der Waals surface area contributed by atoms with Crippen molar-refractivity contribution in [1.82, 2.24) is 10.6 Å². The van der Waals surface area contributed by atoms with Crippen LogP contribution in [0.3, 0.4) is 0 Å². The van der Waals surface area contributed by atoms with Crippen LogP contribution < -0.4 is 10.6 Å². The summed E-state index contributed by atoms with van der Waals surface area (Å²) in [5, 5.41) is 4.36. The van der Waals surface area contributed by atoms with Crippen LogP contribution in [0.1, 0.15) is 6.92 Å². The Hall–Kier alpha value is -1.67. The van der Waals surface area contributed by atoms with E-state index in [4.69, 9.17) is 9.47 Å². The molecule has 0 radical (unpaired) electrons. The number of esters is 1. The smallest absolute Gasteiger partial charge is 0.332 e. The predicted octanol–water partition coefficient (Wildman–Crippen LogP) is -0.962. The zero-order valence-electron chi connectivity index (χ0n) is 10.5. The topological polar surface area (TPSA) is 103 Å². The average molecular weight is 262 g/mol. The second kappa shape index (κ2) is 10.5. The van der Waals surface area contributed by atoms with Crippen LogP contribution in [0.5, 0.6) is 0 Å². The van der Waals surface area contributed by atoms with Crippen molar-refractivity contribution in [3.8, 4) is 0 Å². The molecule has 0 spiro atoms. The van der Waals surface area contributed by atoms with Gasteiger partial charge >= 0.3 is 12.0 Å². The van der Waals surface area contributed by atoms with Gasteiger partial charge in [-0.3, -0.25) is 10.1 Å². The first-order valence-electron chi connectivity index (χ1n) is 5.40. The second-order valence-corrected chi connectivity index (χ2v) is 3.09. The molecule has 0 aliphatic rings. The molecule has 3 amide bonds. The van der Waals surface area contributed by atoms with Gasteiger partial charge in [0.25, 0.3) is 5.91 Å². The van der Waals surface area contributed by atoms with Crippen LogP contribution in [-0.2, 0) is 23.8 Å². The summed E-state index contributed by atoms with van der Waals surface area (Å²) in [5.41, 5.74) is 0. The molecule has 0 bridgehead atoms. The molecule has 0 aromatic carbocycles. The van der Waals surface area contributed by atoms with Crippen LogP contribution in [0.2, 0.25) is 0 Å². The van der Waals surface area contributed by atoms with Gasteiger partial charge < -0.3 is 19.5 Å². The number of rotatable bonds is 8. The molecule has 8 nitrogen and oxygen atoms in total. The van der Waals surface area contributed by atoms with Crippen LogP contribution in [-0.4, -0.2) is 58.0 Å². The molecule has 0 heterocycles. The lowest BCUT2D eigenvalue weighted by Crippen LogP contribution is -2.42. The monoisotopic (exact) mass is 262 g/mol. The number of hydrogen-bond acceptors (Lipinski definition) is 6. The number of hydrogen-bond donors (Lipinski definition) is 2. The van der Waals surface area contributed by atoms with Crippen LogP contribution in [0.15, 0.2) is 0 Å². The Balaban J connectivity index is 3.63. The average Bonchev–Trinajstić information content (AvgIpc) is 2.34. The summed E-state index contributed by atoms with van der Waals surface area (Å²) >= 11 is 0. The Bertz CT molecular complexity index is 282. The molecule has 0 unspecified atom stereocenters. The first-order chi connectivity index (χ1) is 8.60. The summed E-state index contributed by atoms with van der Waals surface area (Å²) in [7, 11) is 1.49. The van der Waals surface area contributed by atoms with Crippen molar-refractivity contribution in [2.75, 3.05) is 40.1 Å². The number of urea groups is 1. The standard InChI is InChI=1S/C10H18N2O6/c1-3-17-7-9(14)18-6-8(13)12-10(15)11-4-5-16-2/h3-7H2,1-2H3,(H2,11,12,13,15). The fraction of sp³-hybridized carbons (Fsp3) is 0.700. The van der Waals surface area contributed by atoms with Crippen molar-refractivity contribution in [2.24, 2.45) is 0 Å². The maximum absolute atomic E-state index is 11.1. The highest BCUT2D eigenvalue weighted by Crippen LogP contribution is 1.82. The lowest BCUT2D eigenvalue weighted by Gasteiger charge is -2.07. The zero-order valence-corrected chi connectivity index (χ0v) is 10.5. The number of carbonyl (C=O) groups is 3. The van der Waals surface area contributed by atoms with Gasteiger partial charge in [0.1, 0.15) is 6.61 Å². The van der Waals surface area contributed by atoms with E-state index in [0.29, 0.717) is 13.2 Å². The molecular formula is C10H18N2O6. The molecule has 0 fully saturated rings. The van der Waals surface area contributed by atoms with Gasteiger partial charge in [0, 0.05) is 20.3 Å². The maximum atomic E-state index is 11.1. The van der Waals surface area contributed by atoms with E-state index in [2.05, 4.69) is 10.1 Å². The summed E-state index contributed by atoms with van der Waals surface area (Å²) in [4.78, 5) is 33.2. The Morgan fingerprint density at radius 2 is 1.89 bits per heavy atom. The lowest BCUT2D eigenvalue weighted by atomic mass is 10.6. The Morgan fingerprint density at radius 1 is 1.17 bits per heavy atom. The van der Waals surface area contributed by atoms with E-state index in [1.165, 1.54) is 7.11 Å². The van der Waals surface area contributed by atoms with Crippen LogP contribution in [0.25, 0.3) is 0 Å². The van der Waals surface area contributed by atoms with E-state index < -0.39 is 24.5 Å². The van der Waals surface area contributed by atoms with E-state index in [-0.39, 0.29) is 13.2 Å². The molecule has 8 heteroatoms. The van der Waals surface area contributed by atoms with Crippen molar-refractivity contribution in [1.29, 1.82) is 0 Å². The molecule has 0 saturated heterocycles. The van der Waals surface area contributed by atoms with Crippen molar-refractivity contribution >= 4 is 17.9 Å². The normalized spacial score (nSPS) is 9.67. The van der Waals surface area contributed by atoms with Crippen LogP contribution >= 0.6 is 0 Å². The number of carbonyl (C=O) groups excluding carboxylic acids is 3. The van der Waals surface area contributed by atoms with Gasteiger partial charge in [-0.1, -0.05) is 0 Å². The van der Waals surface area contributed by atoms with Gasteiger partial charge in [0.15, 0.2) is 6.61 Å². The van der Waals surface area contributed by atoms with Gasteiger partial charge in [-0.25, -0.2) is 9.59 Å². The predicted molar refractivity (Wildman–Crippen MR) is 60.9 cm³/mol. The molecule has 0 rings (SSSR count). The number of amides is 3. The first-order valence-corrected chi connectivity index (χ1v) is 5.40. The Morgan fingerprint density at radius 3 is 2.50 bits per heavy atom. The van der Waals surface area contributed by atoms with Gasteiger partial charge in [0.05, 0.1) is 6.61 Å². The van der Waals surface area contributed by atoms with E-state index in [1.807, 2.05) is 5.32 Å². The molecule has 18 heavy (non-hydrogen) atoms. The highest BCUT2D eigenvalue weighted by molar-refractivity contribution is 5.95. The zero-order chi connectivity index (χ0) is 13.8. The fourth-order valence-corrected chi connectivity index (χ4v) is 0.847. The summed E-state index contributed by atoms with van der Waals surface area (Å²) in [5.74, 6) is -1.37. The molecule has 0 aromatic heterocycles. The highest BCUT2D eigenvalue weighted by Gasteiger charge is 2.10. The Labute approximate surface area is 105 Å². The first kappa shape index (κ1) is 16.3. The minimum Gasteiger partial charge on any atom is -0.454 e. The van der Waals surface area contributed by atoms with Gasteiger partial charge in [0.2, 0.25) is 0 Å². The van der Waals surface area contributed by atoms with Gasteiger partial charge in [-0.05, 0) is 6.92 Å². The van der Waals surface area contributed by atoms with E-state index in [0.717, 1.165) is 0 Å². The molecule has 104 valence electrons. The molecule has 0 saturated carbocycles.